The van der Waals surface area contributed by atoms with Crippen molar-refractivity contribution in [2.45, 2.75) is 13.0 Å². The zero-order chi connectivity index (χ0) is 8.10. The van der Waals surface area contributed by atoms with Crippen LogP contribution in [0.2, 0.25) is 0 Å². The summed E-state index contributed by atoms with van der Waals surface area (Å²) >= 11 is 0. The first-order chi connectivity index (χ1) is 5.36. The number of terminal acetylenes is 1. The Labute approximate surface area is 67.2 Å². The predicted molar refractivity (Wildman–Crippen MR) is 46.9 cm³/mol. The molecule has 0 aromatic heterocycles. The van der Waals surface area contributed by atoms with Gasteiger partial charge in [0.15, 0.2) is 0 Å². The minimum absolute atomic E-state index is 0.594. The zero-order valence-electron chi connectivity index (χ0n) is 6.38. The van der Waals surface area contributed by atoms with Gasteiger partial charge in [0.2, 0.25) is 0 Å². The highest BCUT2D eigenvalue weighted by Gasteiger charge is 1.89. The Kier molecular flexibility index (Phi) is 2.71. The Morgan fingerprint density at radius 3 is 2.18 bits per heavy atom. The van der Waals surface area contributed by atoms with E-state index in [-0.39, 0.29) is 0 Å². The Morgan fingerprint density at radius 2 is 1.73 bits per heavy atom. The second-order valence-corrected chi connectivity index (χ2v) is 2.40. The fourth-order valence-electron chi connectivity index (χ4n) is 0.911. The summed E-state index contributed by atoms with van der Waals surface area (Å²) in [5.41, 5.74) is 7.75. The monoisotopic (exact) mass is 145 g/mol. The van der Waals surface area contributed by atoms with Gasteiger partial charge in [-0.05, 0) is 11.1 Å². The number of benzene rings is 1. The molecule has 0 radical (unpaired) electrons. The lowest BCUT2D eigenvalue weighted by Crippen LogP contribution is -1.95. The van der Waals surface area contributed by atoms with E-state index >= 15 is 0 Å². The minimum atomic E-state index is 0.594. The second-order valence-electron chi connectivity index (χ2n) is 2.40. The third kappa shape index (κ3) is 2.10. The highest BCUT2D eigenvalue weighted by atomic mass is 14.5. The molecule has 0 bridgehead atoms. The average Bonchev–Trinajstić information content (AvgIpc) is 2.07. The fourth-order valence-corrected chi connectivity index (χ4v) is 0.911. The zero-order valence-corrected chi connectivity index (χ0v) is 6.38. The molecule has 0 aliphatic carbocycles. The molecule has 2 N–H and O–H groups in total. The van der Waals surface area contributed by atoms with Crippen molar-refractivity contribution in [3.63, 3.8) is 0 Å². The van der Waals surface area contributed by atoms with Crippen LogP contribution in [0.1, 0.15) is 11.1 Å². The van der Waals surface area contributed by atoms with Crippen molar-refractivity contribution in [1.82, 2.24) is 0 Å². The van der Waals surface area contributed by atoms with Crippen molar-refractivity contribution in [1.29, 1.82) is 0 Å². The molecule has 0 fully saturated rings. The van der Waals surface area contributed by atoms with Gasteiger partial charge < -0.3 is 5.73 Å². The largest absolute Gasteiger partial charge is 0.326 e. The third-order valence-electron chi connectivity index (χ3n) is 1.56. The Morgan fingerprint density at radius 1 is 1.18 bits per heavy atom. The average molecular weight is 145 g/mol. The molecular weight excluding hydrogens is 134 g/mol. The van der Waals surface area contributed by atoms with Crippen LogP contribution in [-0.4, -0.2) is 0 Å². The molecule has 1 heteroatoms. The maximum atomic E-state index is 5.43. The Hall–Kier alpha value is -1.26. The summed E-state index contributed by atoms with van der Waals surface area (Å²) in [7, 11) is 0. The van der Waals surface area contributed by atoms with Crippen LogP contribution in [0.25, 0.3) is 0 Å². The Balaban J connectivity index is 2.76. The first-order valence-electron chi connectivity index (χ1n) is 3.58. The van der Waals surface area contributed by atoms with Gasteiger partial charge in [-0.1, -0.05) is 24.3 Å². The van der Waals surface area contributed by atoms with Crippen molar-refractivity contribution >= 4 is 0 Å². The van der Waals surface area contributed by atoms with Crippen LogP contribution in [0.3, 0.4) is 0 Å². The third-order valence-corrected chi connectivity index (χ3v) is 1.56. The molecule has 1 aromatic carbocycles. The lowest BCUT2D eigenvalue weighted by atomic mass is 10.1. The van der Waals surface area contributed by atoms with Crippen molar-refractivity contribution in [2.24, 2.45) is 5.73 Å². The molecule has 1 rings (SSSR count). The summed E-state index contributed by atoms with van der Waals surface area (Å²) in [6, 6.07) is 8.05. The van der Waals surface area contributed by atoms with Crippen molar-refractivity contribution in [2.75, 3.05) is 0 Å². The van der Waals surface area contributed by atoms with E-state index in [4.69, 9.17) is 12.2 Å². The molecule has 0 aliphatic rings. The quantitative estimate of drug-likeness (QED) is 0.624. The van der Waals surface area contributed by atoms with E-state index in [1.165, 1.54) is 5.56 Å². The molecule has 1 aromatic rings. The fraction of sp³-hybridized carbons (Fsp3) is 0.200. The van der Waals surface area contributed by atoms with Gasteiger partial charge in [-0.15, -0.1) is 12.3 Å². The van der Waals surface area contributed by atoms with Gasteiger partial charge in [-0.25, -0.2) is 0 Å². The second kappa shape index (κ2) is 3.80. The molecule has 0 unspecified atom stereocenters. The molecule has 0 atom stereocenters. The van der Waals surface area contributed by atoms with Gasteiger partial charge in [0.25, 0.3) is 0 Å². The molecule has 0 heterocycles. The van der Waals surface area contributed by atoms with Crippen molar-refractivity contribution < 1.29 is 0 Å². The van der Waals surface area contributed by atoms with Crippen LogP contribution in [0.5, 0.6) is 0 Å². The van der Waals surface area contributed by atoms with E-state index < -0.39 is 0 Å². The lowest BCUT2D eigenvalue weighted by Gasteiger charge is -1.97. The van der Waals surface area contributed by atoms with Crippen LogP contribution in [-0.2, 0) is 13.0 Å². The summed E-state index contributed by atoms with van der Waals surface area (Å²) in [4.78, 5) is 0. The first kappa shape index (κ1) is 7.84. The van der Waals surface area contributed by atoms with E-state index in [1.54, 1.807) is 0 Å². The molecule has 0 amide bonds. The molecule has 0 saturated heterocycles. The van der Waals surface area contributed by atoms with Gasteiger partial charge in [-0.3, -0.25) is 0 Å². The van der Waals surface area contributed by atoms with E-state index in [9.17, 15) is 0 Å². The minimum Gasteiger partial charge on any atom is -0.326 e. The van der Waals surface area contributed by atoms with E-state index in [0.717, 1.165) is 5.56 Å². The molecule has 56 valence electrons. The van der Waals surface area contributed by atoms with Crippen LogP contribution < -0.4 is 5.73 Å². The Bertz CT molecular complexity index is 253. The number of nitrogens with two attached hydrogens (primary N) is 1. The van der Waals surface area contributed by atoms with E-state index in [1.807, 2.05) is 24.3 Å². The predicted octanol–water partition coefficient (Wildman–Crippen LogP) is 1.32. The maximum absolute atomic E-state index is 5.43. The van der Waals surface area contributed by atoms with Crippen LogP contribution in [0, 0.1) is 12.3 Å². The number of hydrogen-bond acceptors (Lipinski definition) is 1. The summed E-state index contributed by atoms with van der Waals surface area (Å²) < 4.78 is 0. The highest BCUT2D eigenvalue weighted by Crippen LogP contribution is 2.03. The molecule has 0 saturated carbocycles. The smallest absolute Gasteiger partial charge is 0.0337 e. The van der Waals surface area contributed by atoms with Crippen LogP contribution >= 0.6 is 0 Å². The van der Waals surface area contributed by atoms with Gasteiger partial charge in [-0.2, -0.15) is 0 Å². The lowest BCUT2D eigenvalue weighted by molar-refractivity contribution is 1.07. The summed E-state index contributed by atoms with van der Waals surface area (Å²) in [6.45, 7) is 0.594. The molecule has 1 nitrogen and oxygen atoms in total. The molecule has 11 heavy (non-hydrogen) atoms. The molecule has 0 aliphatic heterocycles. The standard InChI is InChI=1S/C10H11N/c1-2-3-9-4-6-10(8-11)7-5-9/h1,4-7H,3,8,11H2. The topological polar surface area (TPSA) is 26.0 Å². The summed E-state index contributed by atoms with van der Waals surface area (Å²) in [5.74, 6) is 2.59. The molecular formula is C10H11N. The maximum Gasteiger partial charge on any atom is 0.0337 e. The van der Waals surface area contributed by atoms with Crippen LogP contribution in [0.15, 0.2) is 24.3 Å². The summed E-state index contributed by atoms with van der Waals surface area (Å²) in [5, 5.41) is 0. The summed E-state index contributed by atoms with van der Waals surface area (Å²) in [6.07, 6.45) is 5.86. The van der Waals surface area contributed by atoms with Gasteiger partial charge >= 0.3 is 0 Å². The SMILES string of the molecule is C#CCc1ccc(CN)cc1. The van der Waals surface area contributed by atoms with E-state index in [0.29, 0.717) is 13.0 Å². The van der Waals surface area contributed by atoms with Crippen LogP contribution in [0.4, 0.5) is 0 Å². The number of hydrogen-bond donors (Lipinski definition) is 1. The first-order valence-corrected chi connectivity index (χ1v) is 3.58. The molecule has 0 spiro atoms. The van der Waals surface area contributed by atoms with E-state index in [2.05, 4.69) is 5.92 Å². The van der Waals surface area contributed by atoms with Gasteiger partial charge in [0.1, 0.15) is 0 Å². The normalized spacial score (nSPS) is 9.09. The van der Waals surface area contributed by atoms with Gasteiger partial charge in [0.05, 0.1) is 0 Å². The van der Waals surface area contributed by atoms with Gasteiger partial charge in [0, 0.05) is 13.0 Å². The van der Waals surface area contributed by atoms with Crippen molar-refractivity contribution in [3.05, 3.63) is 35.4 Å². The van der Waals surface area contributed by atoms with Crippen molar-refractivity contribution in [3.8, 4) is 12.3 Å². The highest BCUT2D eigenvalue weighted by molar-refractivity contribution is 5.24. The number of rotatable bonds is 2.